The smallest absolute Gasteiger partial charge is 0.394 e. The lowest BCUT2D eigenvalue weighted by atomic mass is 9.99. The highest BCUT2D eigenvalue weighted by Crippen LogP contribution is 2.22. The van der Waals surface area contributed by atoms with Crippen molar-refractivity contribution in [3.8, 4) is 5.75 Å². The monoisotopic (exact) mass is 619 g/mol. The van der Waals surface area contributed by atoms with E-state index in [9.17, 15) is 32.7 Å². The van der Waals surface area contributed by atoms with Crippen molar-refractivity contribution in [1.29, 1.82) is 0 Å². The number of nitrogens with one attached hydrogen (secondary N) is 2. The van der Waals surface area contributed by atoms with Crippen LogP contribution in [0.1, 0.15) is 42.2 Å². The molecule has 0 radical (unpaired) electrons. The Bertz CT molecular complexity index is 1480. The van der Waals surface area contributed by atoms with Gasteiger partial charge in [-0.2, -0.15) is 8.78 Å². The number of carbonyl (C=O) groups is 2. The lowest BCUT2D eigenvalue weighted by molar-refractivity contribution is -0.159. The molecule has 3 aromatic rings. The molecule has 1 aliphatic heterocycles. The number of anilines is 1. The standard InChI is InChI=1S/C29H36F3N7O5/c1-29(31,32)44-24-6-2-4-20(12-24)14-33-28(43)25-17-39(36-35-25)16-22(30)7-10-38-11-8-23(13-27(38)42)34-26(41)18-37-9-3-5-21(15-37)19-40/h2,4,6,8,11-13,17,21-22,40H,3,5,7,9-10,14-16,18-19H2,1H3,(H,33,43)(H,34,41). The molecule has 44 heavy (non-hydrogen) atoms. The summed E-state index contributed by atoms with van der Waals surface area (Å²) in [6.45, 7) is 2.22. The second-order valence-electron chi connectivity index (χ2n) is 10.9. The van der Waals surface area contributed by atoms with E-state index in [1.807, 2.05) is 4.90 Å². The number of aliphatic hydroxyl groups excluding tert-OH is 1. The third kappa shape index (κ3) is 10.2. The van der Waals surface area contributed by atoms with Crippen molar-refractivity contribution in [2.24, 2.45) is 5.92 Å². The summed E-state index contributed by atoms with van der Waals surface area (Å²) < 4.78 is 47.9. The number of hydrogen-bond acceptors (Lipinski definition) is 8. The summed E-state index contributed by atoms with van der Waals surface area (Å²) in [5, 5.41) is 22.2. The largest absolute Gasteiger partial charge is 0.433 e. The molecule has 2 aromatic heterocycles. The number of rotatable bonds is 14. The maximum atomic E-state index is 14.7. The highest BCUT2D eigenvalue weighted by Gasteiger charge is 2.23. The SMILES string of the molecule is CC(F)(F)Oc1cccc(CNC(=O)c2cn(CC(F)CCn3ccc(NC(=O)CN4CCCC(CO)C4)cc3=O)nn2)c1. The van der Waals surface area contributed by atoms with Crippen LogP contribution < -0.4 is 20.9 Å². The minimum atomic E-state index is -3.34. The van der Waals surface area contributed by atoms with Gasteiger partial charge in [0.2, 0.25) is 5.91 Å². The number of hydrogen-bond donors (Lipinski definition) is 3. The molecule has 3 heterocycles. The van der Waals surface area contributed by atoms with E-state index in [0.29, 0.717) is 24.7 Å². The number of amides is 2. The number of alkyl halides is 3. The first-order valence-corrected chi connectivity index (χ1v) is 14.3. The van der Waals surface area contributed by atoms with Gasteiger partial charge < -0.3 is 25.0 Å². The molecule has 12 nitrogen and oxygen atoms in total. The summed E-state index contributed by atoms with van der Waals surface area (Å²) in [7, 11) is 0. The minimum absolute atomic E-state index is 0.0107. The van der Waals surface area contributed by atoms with Crippen LogP contribution in [-0.2, 0) is 24.4 Å². The van der Waals surface area contributed by atoms with Crippen LogP contribution in [0, 0.1) is 5.92 Å². The van der Waals surface area contributed by atoms with E-state index in [-0.39, 0.29) is 62.5 Å². The van der Waals surface area contributed by atoms with Crippen molar-refractivity contribution >= 4 is 17.5 Å². The maximum Gasteiger partial charge on any atom is 0.394 e. The second-order valence-corrected chi connectivity index (χ2v) is 10.9. The number of aromatic nitrogens is 4. The number of aliphatic hydroxyl groups is 1. The first-order valence-electron chi connectivity index (χ1n) is 14.3. The van der Waals surface area contributed by atoms with E-state index >= 15 is 0 Å². The van der Waals surface area contributed by atoms with Gasteiger partial charge >= 0.3 is 6.11 Å². The number of ether oxygens (including phenoxy) is 1. The summed E-state index contributed by atoms with van der Waals surface area (Å²) in [4.78, 5) is 39.4. The Morgan fingerprint density at radius 2 is 2.07 bits per heavy atom. The van der Waals surface area contributed by atoms with Gasteiger partial charge in [-0.05, 0) is 55.5 Å². The Morgan fingerprint density at radius 1 is 1.25 bits per heavy atom. The molecular formula is C29H36F3N7O5. The Hall–Kier alpha value is -4.24. The van der Waals surface area contributed by atoms with Crippen LogP contribution in [0.3, 0.4) is 0 Å². The summed E-state index contributed by atoms with van der Waals surface area (Å²) in [6.07, 6.45) is -0.122. The van der Waals surface area contributed by atoms with E-state index in [1.54, 1.807) is 12.1 Å². The number of halogens is 3. The topological polar surface area (TPSA) is 144 Å². The van der Waals surface area contributed by atoms with Crippen LogP contribution in [0.15, 0.2) is 53.6 Å². The summed E-state index contributed by atoms with van der Waals surface area (Å²) >= 11 is 0. The van der Waals surface area contributed by atoms with Gasteiger partial charge in [0.1, 0.15) is 11.9 Å². The van der Waals surface area contributed by atoms with E-state index in [0.717, 1.165) is 19.4 Å². The second kappa shape index (κ2) is 15.0. The van der Waals surface area contributed by atoms with Gasteiger partial charge in [0.15, 0.2) is 5.69 Å². The molecule has 0 aliphatic carbocycles. The number of nitrogens with zero attached hydrogens (tertiary/aromatic N) is 5. The zero-order chi connectivity index (χ0) is 31.7. The predicted octanol–water partition coefficient (Wildman–Crippen LogP) is 2.43. The number of benzene rings is 1. The molecule has 0 spiro atoms. The number of pyridine rings is 1. The van der Waals surface area contributed by atoms with Crippen molar-refractivity contribution in [1.82, 2.24) is 29.8 Å². The van der Waals surface area contributed by atoms with Crippen molar-refractivity contribution in [3.05, 3.63) is 70.4 Å². The highest BCUT2D eigenvalue weighted by atomic mass is 19.3. The van der Waals surface area contributed by atoms with Crippen LogP contribution in [0.2, 0.25) is 0 Å². The van der Waals surface area contributed by atoms with E-state index in [2.05, 4.69) is 25.7 Å². The van der Waals surface area contributed by atoms with Crippen LogP contribution in [0.4, 0.5) is 18.9 Å². The van der Waals surface area contributed by atoms with Crippen LogP contribution in [0.5, 0.6) is 5.75 Å². The zero-order valence-electron chi connectivity index (χ0n) is 24.3. The van der Waals surface area contributed by atoms with Crippen LogP contribution in [0.25, 0.3) is 0 Å². The molecule has 2 unspecified atom stereocenters. The molecule has 3 N–H and O–H groups in total. The number of likely N-dealkylation sites (tertiary alicyclic amines) is 1. The van der Waals surface area contributed by atoms with Gasteiger partial charge in [-0.1, -0.05) is 17.3 Å². The first-order chi connectivity index (χ1) is 21.0. The molecular weight excluding hydrogens is 583 g/mol. The Labute approximate surface area is 251 Å². The molecule has 1 fully saturated rings. The van der Waals surface area contributed by atoms with Crippen molar-refractivity contribution in [3.63, 3.8) is 0 Å². The lowest BCUT2D eigenvalue weighted by Gasteiger charge is -2.31. The molecule has 15 heteroatoms. The molecule has 0 saturated carbocycles. The van der Waals surface area contributed by atoms with Crippen LogP contribution in [-0.4, -0.2) is 79.9 Å². The van der Waals surface area contributed by atoms with E-state index in [1.165, 1.54) is 45.9 Å². The summed E-state index contributed by atoms with van der Waals surface area (Å²) in [5.74, 6) is -0.720. The van der Waals surface area contributed by atoms with Crippen molar-refractivity contribution in [2.75, 3.05) is 31.6 Å². The van der Waals surface area contributed by atoms with Gasteiger partial charge in [-0.15, -0.1) is 5.10 Å². The minimum Gasteiger partial charge on any atom is -0.433 e. The Balaban J connectivity index is 1.20. The van der Waals surface area contributed by atoms with Gasteiger partial charge in [0, 0.05) is 51.1 Å². The third-order valence-electron chi connectivity index (χ3n) is 7.00. The summed E-state index contributed by atoms with van der Waals surface area (Å²) in [6, 6.07) is 8.76. The fraction of sp³-hybridized carbons (Fsp3) is 0.483. The van der Waals surface area contributed by atoms with Gasteiger partial charge in [-0.25, -0.2) is 9.07 Å². The van der Waals surface area contributed by atoms with Gasteiger partial charge in [0.05, 0.1) is 19.3 Å². The normalized spacial score (nSPS) is 16.3. The molecule has 2 atom stereocenters. The van der Waals surface area contributed by atoms with Crippen molar-refractivity contribution < 1.29 is 32.6 Å². The number of aryl methyl sites for hydroxylation is 1. The van der Waals surface area contributed by atoms with Gasteiger partial charge in [-0.3, -0.25) is 19.3 Å². The lowest BCUT2D eigenvalue weighted by Crippen LogP contribution is -2.41. The molecule has 0 bridgehead atoms. The average molecular weight is 620 g/mol. The average Bonchev–Trinajstić information content (AvgIpc) is 3.43. The third-order valence-corrected chi connectivity index (χ3v) is 7.00. The van der Waals surface area contributed by atoms with Crippen molar-refractivity contribution in [2.45, 2.75) is 58.1 Å². The first kappa shape index (κ1) is 32.7. The number of carbonyl (C=O) groups excluding carboxylic acids is 2. The molecule has 1 aromatic carbocycles. The van der Waals surface area contributed by atoms with Gasteiger partial charge in [0.25, 0.3) is 11.5 Å². The number of piperidine rings is 1. The van der Waals surface area contributed by atoms with E-state index in [4.69, 9.17) is 0 Å². The fourth-order valence-electron chi connectivity index (χ4n) is 4.88. The molecule has 2 amide bonds. The van der Waals surface area contributed by atoms with Crippen LogP contribution >= 0.6 is 0 Å². The summed E-state index contributed by atoms with van der Waals surface area (Å²) in [5.41, 5.74) is 0.428. The molecule has 1 saturated heterocycles. The Morgan fingerprint density at radius 3 is 2.82 bits per heavy atom. The maximum absolute atomic E-state index is 14.7. The zero-order valence-corrected chi connectivity index (χ0v) is 24.3. The quantitative estimate of drug-likeness (QED) is 0.250. The van der Waals surface area contributed by atoms with E-state index < -0.39 is 23.7 Å². The molecule has 4 rings (SSSR count). The predicted molar refractivity (Wildman–Crippen MR) is 154 cm³/mol. The molecule has 1 aliphatic rings. The molecule has 238 valence electrons. The Kier molecular flexibility index (Phi) is 11.1. The fourth-order valence-corrected chi connectivity index (χ4v) is 4.88. The highest BCUT2D eigenvalue weighted by molar-refractivity contribution is 5.92.